The van der Waals surface area contributed by atoms with Crippen LogP contribution in [0.4, 0.5) is 17.1 Å². The molecule has 0 saturated carbocycles. The quantitative estimate of drug-likeness (QED) is 0.287. The number of benzene rings is 4. The molecule has 7 nitrogen and oxygen atoms in total. The number of halogens is 1. The van der Waals surface area contributed by atoms with E-state index in [1.165, 1.54) is 7.11 Å². The predicted molar refractivity (Wildman–Crippen MR) is 163 cm³/mol. The van der Waals surface area contributed by atoms with E-state index in [-0.39, 0.29) is 11.7 Å². The third-order valence-electron chi connectivity index (χ3n) is 8.56. The van der Waals surface area contributed by atoms with E-state index >= 15 is 0 Å². The number of carbonyl (C=O) groups excluding carboxylic acids is 3. The first-order valence-corrected chi connectivity index (χ1v) is 14.0. The average molecular weight is 576 g/mol. The largest absolute Gasteiger partial charge is 0.497 e. The van der Waals surface area contributed by atoms with Crippen LogP contribution in [0.3, 0.4) is 0 Å². The van der Waals surface area contributed by atoms with Crippen LogP contribution in [0.15, 0.2) is 103 Å². The highest BCUT2D eigenvalue weighted by Gasteiger charge is 2.70. The van der Waals surface area contributed by atoms with E-state index in [9.17, 15) is 14.4 Å². The van der Waals surface area contributed by atoms with Gasteiger partial charge >= 0.3 is 0 Å². The maximum atomic E-state index is 14.8. The second-order valence-corrected chi connectivity index (χ2v) is 11.1. The predicted octanol–water partition coefficient (Wildman–Crippen LogP) is 5.96. The van der Waals surface area contributed by atoms with Gasteiger partial charge in [0.2, 0.25) is 11.8 Å². The van der Waals surface area contributed by atoms with Crippen LogP contribution in [-0.2, 0) is 15.0 Å². The van der Waals surface area contributed by atoms with Gasteiger partial charge in [0.15, 0.2) is 5.78 Å². The first-order valence-electron chi connectivity index (χ1n) is 13.6. The monoisotopic (exact) mass is 575 g/mol. The molecule has 3 heterocycles. The second-order valence-electron chi connectivity index (χ2n) is 10.7. The summed E-state index contributed by atoms with van der Waals surface area (Å²) in [6, 6.07) is 27.1. The number of ketones is 1. The molecular weight excluding hydrogens is 550 g/mol. The maximum absolute atomic E-state index is 14.8. The topological polar surface area (TPSA) is 87.7 Å². The molecule has 1 spiro atoms. The van der Waals surface area contributed by atoms with Crippen LogP contribution in [0.2, 0.25) is 5.02 Å². The number of carbonyl (C=O) groups is 3. The van der Waals surface area contributed by atoms with Gasteiger partial charge in [-0.1, -0.05) is 72.3 Å². The molecule has 42 heavy (non-hydrogen) atoms. The Kier molecular flexibility index (Phi) is 6.13. The first-order chi connectivity index (χ1) is 20.4. The number of para-hydroxylation sites is 2. The number of Topliss-reactive ketones (excluding diaryl/α,β-unsaturated/α-hetero) is 1. The minimum atomic E-state index is -1.39. The van der Waals surface area contributed by atoms with Crippen molar-refractivity contribution in [2.24, 2.45) is 5.92 Å². The van der Waals surface area contributed by atoms with Crippen molar-refractivity contribution in [3.8, 4) is 5.75 Å². The summed E-state index contributed by atoms with van der Waals surface area (Å²) < 4.78 is 5.42. The Morgan fingerprint density at radius 3 is 2.52 bits per heavy atom. The Labute approximate surface area is 247 Å². The van der Waals surface area contributed by atoms with Crippen LogP contribution in [0.5, 0.6) is 5.75 Å². The summed E-state index contributed by atoms with van der Waals surface area (Å²) >= 11 is 6.10. The van der Waals surface area contributed by atoms with E-state index in [0.29, 0.717) is 33.3 Å². The van der Waals surface area contributed by atoms with Crippen LogP contribution in [-0.4, -0.2) is 36.8 Å². The number of fused-ring (bicyclic) bond motifs is 6. The molecule has 0 aromatic heterocycles. The highest BCUT2D eigenvalue weighted by Crippen LogP contribution is 2.57. The summed E-state index contributed by atoms with van der Waals surface area (Å²) in [6.07, 6.45) is 3.92. The van der Waals surface area contributed by atoms with Crippen molar-refractivity contribution in [2.45, 2.75) is 17.5 Å². The van der Waals surface area contributed by atoms with Crippen LogP contribution in [0.25, 0.3) is 6.08 Å². The Hall–Kier alpha value is -4.88. The van der Waals surface area contributed by atoms with Crippen molar-refractivity contribution >= 4 is 52.3 Å². The molecule has 8 heteroatoms. The molecule has 7 rings (SSSR count). The van der Waals surface area contributed by atoms with Gasteiger partial charge < -0.3 is 20.3 Å². The second kappa shape index (κ2) is 9.89. The molecule has 0 bridgehead atoms. The van der Waals surface area contributed by atoms with Gasteiger partial charge in [0.25, 0.3) is 0 Å². The van der Waals surface area contributed by atoms with Gasteiger partial charge in [0, 0.05) is 27.6 Å². The van der Waals surface area contributed by atoms with E-state index in [1.54, 1.807) is 48.5 Å². The van der Waals surface area contributed by atoms with Crippen molar-refractivity contribution in [1.82, 2.24) is 0 Å². The molecule has 2 N–H and O–H groups in total. The molecule has 3 aliphatic rings. The van der Waals surface area contributed by atoms with Gasteiger partial charge in [0.1, 0.15) is 17.2 Å². The Morgan fingerprint density at radius 2 is 1.71 bits per heavy atom. The standard InChI is InChI=1S/C34H26ClN3O4/c1-42-24-9-6-8-21(19-24)31(39)29-30(32(40)36-23-16-14-22(35)15-17-23)38-27-12-5-2-7-20(27)13-18-28(38)34(29)25-10-3-4-11-26(25)37-33(34)41/h2-19,28-30H,1H3,(H,36,40)(H,37,41)/t28-,29+,30-,34-/m1/s1. The van der Waals surface area contributed by atoms with Gasteiger partial charge in [-0.05, 0) is 59.7 Å². The summed E-state index contributed by atoms with van der Waals surface area (Å²) in [5, 5.41) is 6.58. The molecule has 0 unspecified atom stereocenters. The Balaban J connectivity index is 1.48. The van der Waals surface area contributed by atoms with E-state index in [4.69, 9.17) is 16.3 Å². The lowest BCUT2D eigenvalue weighted by atomic mass is 9.64. The summed E-state index contributed by atoms with van der Waals surface area (Å²) in [4.78, 5) is 45.6. The van der Waals surface area contributed by atoms with Gasteiger partial charge in [-0.3, -0.25) is 14.4 Å². The number of amides is 2. The molecule has 0 radical (unpaired) electrons. The number of hydrogen-bond donors (Lipinski definition) is 2. The van der Waals surface area contributed by atoms with Crippen LogP contribution >= 0.6 is 11.6 Å². The fourth-order valence-electron chi connectivity index (χ4n) is 6.83. The van der Waals surface area contributed by atoms with Crippen molar-refractivity contribution in [2.75, 3.05) is 22.6 Å². The van der Waals surface area contributed by atoms with E-state index in [0.717, 1.165) is 11.3 Å². The van der Waals surface area contributed by atoms with Gasteiger partial charge in [-0.2, -0.15) is 0 Å². The fourth-order valence-corrected chi connectivity index (χ4v) is 6.95. The number of hydrogen-bond acceptors (Lipinski definition) is 5. The molecule has 4 atom stereocenters. The maximum Gasteiger partial charge on any atom is 0.247 e. The summed E-state index contributed by atoms with van der Waals surface area (Å²) in [6.45, 7) is 0. The zero-order valence-corrected chi connectivity index (χ0v) is 23.3. The number of rotatable bonds is 5. The molecule has 4 aromatic rings. The van der Waals surface area contributed by atoms with Crippen molar-refractivity contribution in [3.63, 3.8) is 0 Å². The molecule has 0 aliphatic carbocycles. The summed E-state index contributed by atoms with van der Waals surface area (Å²) in [7, 11) is 1.53. The Morgan fingerprint density at radius 1 is 0.952 bits per heavy atom. The molecule has 1 saturated heterocycles. The zero-order valence-electron chi connectivity index (χ0n) is 22.6. The highest BCUT2D eigenvalue weighted by atomic mass is 35.5. The van der Waals surface area contributed by atoms with Crippen LogP contribution in [0.1, 0.15) is 21.5 Å². The lowest BCUT2D eigenvalue weighted by molar-refractivity contribution is -0.122. The Bertz CT molecular complexity index is 1790. The van der Waals surface area contributed by atoms with Crippen LogP contribution in [0, 0.1) is 5.92 Å². The number of nitrogens with zero attached hydrogens (tertiary/aromatic N) is 1. The fraction of sp³-hybridized carbons (Fsp3) is 0.147. The molecule has 1 fully saturated rings. The first kappa shape index (κ1) is 26.0. The van der Waals surface area contributed by atoms with E-state index in [1.807, 2.05) is 65.6 Å². The van der Waals surface area contributed by atoms with Crippen LogP contribution < -0.4 is 20.3 Å². The minimum Gasteiger partial charge on any atom is -0.497 e. The summed E-state index contributed by atoms with van der Waals surface area (Å²) in [5.74, 6) is -1.61. The van der Waals surface area contributed by atoms with Crippen molar-refractivity contribution in [3.05, 3.63) is 125 Å². The van der Waals surface area contributed by atoms with Crippen molar-refractivity contribution < 1.29 is 19.1 Å². The molecule has 2 amide bonds. The highest BCUT2D eigenvalue weighted by molar-refractivity contribution is 6.30. The molecular formula is C34H26ClN3O4. The van der Waals surface area contributed by atoms with Gasteiger partial charge in [-0.15, -0.1) is 0 Å². The third-order valence-corrected chi connectivity index (χ3v) is 8.81. The lowest BCUT2D eigenvalue weighted by Gasteiger charge is -2.37. The van der Waals surface area contributed by atoms with Crippen molar-refractivity contribution in [1.29, 1.82) is 0 Å². The number of anilines is 3. The summed E-state index contributed by atoms with van der Waals surface area (Å²) in [5.41, 5.74) is 2.51. The van der Waals surface area contributed by atoms with Gasteiger partial charge in [0.05, 0.1) is 19.1 Å². The van der Waals surface area contributed by atoms with Gasteiger partial charge in [-0.25, -0.2) is 0 Å². The normalized spacial score (nSPS) is 23.1. The minimum absolute atomic E-state index is 0.314. The zero-order chi connectivity index (χ0) is 29.0. The van der Waals surface area contributed by atoms with E-state index in [2.05, 4.69) is 10.6 Å². The number of nitrogens with one attached hydrogen (secondary N) is 2. The third kappa shape index (κ3) is 3.77. The molecule has 3 aliphatic heterocycles. The smallest absolute Gasteiger partial charge is 0.247 e. The van der Waals surface area contributed by atoms with E-state index < -0.39 is 29.3 Å². The molecule has 208 valence electrons. The SMILES string of the molecule is COc1cccc(C(=O)[C@@H]2[C@H](C(=O)Nc3ccc(Cl)cc3)N3c4ccccc4C=C[C@@H]3[C@@]23C(=O)Nc2ccccc23)c1. The average Bonchev–Trinajstić information content (AvgIpc) is 3.50. The number of methoxy groups -OCH3 is 1. The lowest BCUT2D eigenvalue weighted by Crippen LogP contribution is -2.51. The molecule has 4 aromatic carbocycles. The number of ether oxygens (including phenoxy) is 1.